The first-order valence-corrected chi connectivity index (χ1v) is 6.73. The fourth-order valence-corrected chi connectivity index (χ4v) is 1.72. The molecule has 0 aliphatic carbocycles. The third kappa shape index (κ3) is 8.01. The van der Waals surface area contributed by atoms with Crippen LogP contribution in [0.5, 0.6) is 0 Å². The fourth-order valence-electron chi connectivity index (χ4n) is 1.72. The molecule has 0 aromatic carbocycles. The molecule has 0 aromatic rings. The number of ether oxygens (including phenoxy) is 2. The largest absolute Gasteiger partial charge is 0.353 e. The van der Waals surface area contributed by atoms with Crippen molar-refractivity contribution in [2.75, 3.05) is 13.2 Å². The van der Waals surface area contributed by atoms with Gasteiger partial charge >= 0.3 is 0 Å². The van der Waals surface area contributed by atoms with Crippen LogP contribution in [0.25, 0.3) is 0 Å². The molecule has 0 aromatic heterocycles. The Morgan fingerprint density at radius 1 is 1.24 bits per heavy atom. The van der Waals surface area contributed by atoms with Crippen LogP contribution in [-0.4, -0.2) is 19.5 Å². The predicted octanol–water partition coefficient (Wildman–Crippen LogP) is 3.67. The average Bonchev–Trinajstić information content (AvgIpc) is 2.38. The molecule has 0 radical (unpaired) electrons. The number of hydrogen-bond acceptors (Lipinski definition) is 2. The van der Waals surface area contributed by atoms with Gasteiger partial charge in [0, 0.05) is 26.1 Å². The van der Waals surface area contributed by atoms with E-state index in [0.29, 0.717) is 0 Å². The molecule has 1 fully saturated rings. The molecule has 17 heavy (non-hydrogen) atoms. The summed E-state index contributed by atoms with van der Waals surface area (Å²) in [6, 6.07) is 0. The Morgan fingerprint density at radius 3 is 2.88 bits per heavy atom. The summed E-state index contributed by atoms with van der Waals surface area (Å²) in [6.07, 6.45) is 10.6. The average molecular weight is 236 g/mol. The summed E-state index contributed by atoms with van der Waals surface area (Å²) in [7, 11) is 0. The molecule has 1 unspecified atom stereocenters. The van der Waals surface area contributed by atoms with Crippen LogP contribution in [0.2, 0.25) is 0 Å². The van der Waals surface area contributed by atoms with Crippen molar-refractivity contribution in [1.29, 1.82) is 0 Å². The van der Waals surface area contributed by atoms with Gasteiger partial charge in [0.25, 0.3) is 0 Å². The molecule has 1 saturated heterocycles. The van der Waals surface area contributed by atoms with E-state index in [1.165, 1.54) is 12.8 Å². The van der Waals surface area contributed by atoms with Crippen molar-refractivity contribution >= 4 is 0 Å². The van der Waals surface area contributed by atoms with Crippen LogP contribution in [0.3, 0.4) is 0 Å². The van der Waals surface area contributed by atoms with E-state index in [1.807, 2.05) is 6.08 Å². The SMILES string of the molecule is C=CCCC#CCCCCOC1CCCCO1. The van der Waals surface area contributed by atoms with Crippen molar-refractivity contribution in [3.63, 3.8) is 0 Å². The van der Waals surface area contributed by atoms with Crippen molar-refractivity contribution in [1.82, 2.24) is 0 Å². The van der Waals surface area contributed by atoms with Gasteiger partial charge in [-0.1, -0.05) is 6.08 Å². The Hall–Kier alpha value is -0.780. The van der Waals surface area contributed by atoms with Crippen LogP contribution >= 0.6 is 0 Å². The van der Waals surface area contributed by atoms with Crippen molar-refractivity contribution in [2.24, 2.45) is 0 Å². The van der Waals surface area contributed by atoms with Crippen LogP contribution in [0.15, 0.2) is 12.7 Å². The maximum absolute atomic E-state index is 5.64. The first-order valence-electron chi connectivity index (χ1n) is 6.73. The highest BCUT2D eigenvalue weighted by Gasteiger charge is 2.12. The van der Waals surface area contributed by atoms with E-state index in [-0.39, 0.29) is 6.29 Å². The smallest absolute Gasteiger partial charge is 0.157 e. The highest BCUT2D eigenvalue weighted by molar-refractivity contribution is 4.99. The molecule has 1 aliphatic rings. The van der Waals surface area contributed by atoms with E-state index in [1.54, 1.807) is 0 Å². The number of hydrogen-bond donors (Lipinski definition) is 0. The Kier molecular flexibility index (Phi) is 8.72. The van der Waals surface area contributed by atoms with E-state index >= 15 is 0 Å². The molecule has 1 aliphatic heterocycles. The lowest BCUT2D eigenvalue weighted by Crippen LogP contribution is -2.22. The van der Waals surface area contributed by atoms with Gasteiger partial charge in [0.2, 0.25) is 0 Å². The lowest BCUT2D eigenvalue weighted by Gasteiger charge is -2.22. The Labute approximate surface area is 105 Å². The zero-order chi connectivity index (χ0) is 12.2. The van der Waals surface area contributed by atoms with E-state index < -0.39 is 0 Å². The second kappa shape index (κ2) is 10.4. The third-order valence-corrected chi connectivity index (χ3v) is 2.74. The molecule has 2 nitrogen and oxygen atoms in total. The van der Waals surface area contributed by atoms with E-state index in [2.05, 4.69) is 18.4 Å². The minimum absolute atomic E-state index is 0.0578. The standard InChI is InChI=1S/C15H24O2/c1-2-3-4-5-6-7-8-10-13-16-15-12-9-11-14-17-15/h2,15H,1,3-4,7-14H2. The molecule has 2 heteroatoms. The van der Waals surface area contributed by atoms with Crippen LogP contribution in [-0.2, 0) is 9.47 Å². The minimum Gasteiger partial charge on any atom is -0.353 e. The maximum Gasteiger partial charge on any atom is 0.157 e. The predicted molar refractivity (Wildman–Crippen MR) is 70.6 cm³/mol. The van der Waals surface area contributed by atoms with Gasteiger partial charge in [-0.2, -0.15) is 0 Å². The van der Waals surface area contributed by atoms with Crippen molar-refractivity contribution < 1.29 is 9.47 Å². The van der Waals surface area contributed by atoms with Gasteiger partial charge in [0.15, 0.2) is 6.29 Å². The Morgan fingerprint density at radius 2 is 2.12 bits per heavy atom. The molecule has 0 spiro atoms. The zero-order valence-corrected chi connectivity index (χ0v) is 10.7. The molecule has 0 N–H and O–H groups in total. The zero-order valence-electron chi connectivity index (χ0n) is 10.7. The Bertz CT molecular complexity index is 243. The summed E-state index contributed by atoms with van der Waals surface area (Å²) in [5.41, 5.74) is 0. The highest BCUT2D eigenvalue weighted by Crippen LogP contribution is 2.14. The molecular weight excluding hydrogens is 212 g/mol. The van der Waals surface area contributed by atoms with E-state index in [0.717, 1.165) is 51.7 Å². The first kappa shape index (κ1) is 14.3. The minimum atomic E-state index is 0.0578. The number of rotatable bonds is 7. The summed E-state index contributed by atoms with van der Waals surface area (Å²) in [6.45, 7) is 5.33. The van der Waals surface area contributed by atoms with Crippen LogP contribution < -0.4 is 0 Å². The van der Waals surface area contributed by atoms with Gasteiger partial charge in [-0.3, -0.25) is 0 Å². The van der Waals surface area contributed by atoms with Crippen molar-refractivity contribution in [3.8, 4) is 11.8 Å². The topological polar surface area (TPSA) is 18.5 Å². The second-order valence-corrected chi connectivity index (χ2v) is 4.30. The molecule has 1 rings (SSSR count). The monoisotopic (exact) mass is 236 g/mol. The van der Waals surface area contributed by atoms with Crippen LogP contribution in [0.1, 0.15) is 51.4 Å². The summed E-state index contributed by atoms with van der Waals surface area (Å²) in [5.74, 6) is 6.31. The lowest BCUT2D eigenvalue weighted by atomic mass is 10.2. The maximum atomic E-state index is 5.64. The Balaban J connectivity index is 1.86. The van der Waals surface area contributed by atoms with Crippen LogP contribution in [0, 0.1) is 11.8 Å². The van der Waals surface area contributed by atoms with Crippen molar-refractivity contribution in [3.05, 3.63) is 12.7 Å². The molecule has 1 heterocycles. The highest BCUT2D eigenvalue weighted by atomic mass is 16.7. The summed E-state index contributed by atoms with van der Waals surface area (Å²) >= 11 is 0. The molecular formula is C15H24O2. The molecule has 1 atom stereocenters. The van der Waals surface area contributed by atoms with Gasteiger partial charge < -0.3 is 9.47 Å². The first-order chi connectivity index (χ1) is 8.43. The summed E-state index contributed by atoms with van der Waals surface area (Å²) < 4.78 is 11.1. The molecule has 0 bridgehead atoms. The molecule has 0 amide bonds. The van der Waals surface area contributed by atoms with Crippen molar-refractivity contribution in [2.45, 2.75) is 57.7 Å². The normalized spacial score (nSPS) is 19.4. The van der Waals surface area contributed by atoms with Gasteiger partial charge in [0.1, 0.15) is 0 Å². The van der Waals surface area contributed by atoms with Gasteiger partial charge in [-0.15, -0.1) is 18.4 Å². The lowest BCUT2D eigenvalue weighted by molar-refractivity contribution is -0.162. The quantitative estimate of drug-likeness (QED) is 0.381. The number of unbranched alkanes of at least 4 members (excludes halogenated alkanes) is 3. The second-order valence-electron chi connectivity index (χ2n) is 4.30. The number of allylic oxidation sites excluding steroid dienone is 1. The van der Waals surface area contributed by atoms with Gasteiger partial charge in [0.05, 0.1) is 0 Å². The van der Waals surface area contributed by atoms with Gasteiger partial charge in [-0.25, -0.2) is 0 Å². The third-order valence-electron chi connectivity index (χ3n) is 2.74. The molecule has 96 valence electrons. The summed E-state index contributed by atoms with van der Waals surface area (Å²) in [5, 5.41) is 0. The van der Waals surface area contributed by atoms with E-state index in [9.17, 15) is 0 Å². The van der Waals surface area contributed by atoms with E-state index in [4.69, 9.17) is 9.47 Å². The van der Waals surface area contributed by atoms with Crippen LogP contribution in [0.4, 0.5) is 0 Å². The fraction of sp³-hybridized carbons (Fsp3) is 0.733. The van der Waals surface area contributed by atoms with Gasteiger partial charge in [-0.05, 0) is 38.5 Å². The summed E-state index contributed by atoms with van der Waals surface area (Å²) in [4.78, 5) is 0. The molecule has 0 saturated carbocycles.